The van der Waals surface area contributed by atoms with Crippen molar-refractivity contribution in [3.63, 3.8) is 0 Å². The van der Waals surface area contributed by atoms with Gasteiger partial charge in [-0.3, -0.25) is 4.68 Å². The molecule has 0 bridgehead atoms. The normalized spacial score (nSPS) is 15.6. The van der Waals surface area contributed by atoms with Crippen LogP contribution in [-0.4, -0.2) is 57.5 Å². The van der Waals surface area contributed by atoms with E-state index in [1.807, 2.05) is 124 Å². The van der Waals surface area contributed by atoms with E-state index >= 15 is 0 Å². The van der Waals surface area contributed by atoms with E-state index in [-0.39, 0.29) is 6.09 Å². The monoisotopic (exact) mass is 703 g/mol. The largest absolute Gasteiger partial charge is 0.473 e. The second-order valence-electron chi connectivity index (χ2n) is 14.7. The van der Waals surface area contributed by atoms with Gasteiger partial charge in [-0.2, -0.15) is 10.1 Å². The molecule has 0 aliphatic carbocycles. The highest BCUT2D eigenvalue weighted by Gasteiger charge is 2.39. The fraction of sp³-hybridized carbons (Fsp3) is 0.419. The number of carbonyl (C=O) groups is 1. The topological polar surface area (TPSA) is 82.0 Å². The number of aromatic nitrogens is 3. The van der Waals surface area contributed by atoms with Crippen LogP contribution in [0.2, 0.25) is 0 Å². The lowest BCUT2D eigenvalue weighted by molar-refractivity contribution is 0.00665. The number of nitrogens with zero attached hydrogens (tertiary/aromatic N) is 5. The van der Waals surface area contributed by atoms with Crippen molar-refractivity contribution >= 4 is 22.7 Å². The Morgan fingerprint density at radius 3 is 1.98 bits per heavy atom. The van der Waals surface area contributed by atoms with Gasteiger partial charge in [0.05, 0.1) is 11.1 Å². The number of aryl methyl sites for hydroxylation is 1. The van der Waals surface area contributed by atoms with Crippen LogP contribution in [0.15, 0.2) is 91.0 Å². The molecular formula is C43H53N5O4. The number of carbonyl (C=O) groups excluding carboxylic acids is 1. The van der Waals surface area contributed by atoms with Crippen molar-refractivity contribution < 1.29 is 19.0 Å². The molecule has 0 atom stereocenters. The third-order valence-electron chi connectivity index (χ3n) is 10.0. The third kappa shape index (κ3) is 8.69. The van der Waals surface area contributed by atoms with Gasteiger partial charge >= 0.3 is 6.09 Å². The molecular weight excluding hydrogens is 651 g/mol. The third-order valence-corrected chi connectivity index (χ3v) is 10.0. The molecule has 5 aromatic rings. The van der Waals surface area contributed by atoms with Gasteiger partial charge in [0.1, 0.15) is 24.5 Å². The molecule has 52 heavy (non-hydrogen) atoms. The minimum atomic E-state index is -0.467. The maximum absolute atomic E-state index is 12.6. The standard InChI is InChI=1S/C41H47N5O4.C2H6/c1-40(2,3)50-39(47)46-25-21-41(22-26-46)19-23-45(24-20-41)32-15-16-33-35(27-32)44(4)43-37(33)34-17-18-36(48-28-30-11-7-5-8-12-30)42-38(34)49-29-31-13-9-6-10-14-31;1-2/h5-18,27H,19-26,28-29H2,1-4H3;1-2H3. The van der Waals surface area contributed by atoms with E-state index in [1.54, 1.807) is 0 Å². The number of fused-ring (bicyclic) bond motifs is 1. The van der Waals surface area contributed by atoms with Gasteiger partial charge in [0.2, 0.25) is 11.8 Å². The first kappa shape index (κ1) is 36.7. The lowest BCUT2D eigenvalue weighted by Crippen LogP contribution is -2.49. The zero-order chi connectivity index (χ0) is 36.7. The summed E-state index contributed by atoms with van der Waals surface area (Å²) in [7, 11) is 1.99. The van der Waals surface area contributed by atoms with E-state index in [9.17, 15) is 4.79 Å². The van der Waals surface area contributed by atoms with E-state index in [4.69, 9.17) is 24.3 Å². The van der Waals surface area contributed by atoms with Crippen molar-refractivity contribution in [1.29, 1.82) is 0 Å². The van der Waals surface area contributed by atoms with E-state index in [0.29, 0.717) is 30.4 Å². The van der Waals surface area contributed by atoms with E-state index in [2.05, 4.69) is 23.1 Å². The first-order valence-corrected chi connectivity index (χ1v) is 18.7. The molecule has 1 spiro atoms. The molecule has 2 aromatic heterocycles. The van der Waals surface area contributed by atoms with Crippen molar-refractivity contribution in [2.45, 2.75) is 79.1 Å². The van der Waals surface area contributed by atoms with Crippen molar-refractivity contribution in [3.05, 3.63) is 102 Å². The molecule has 4 heterocycles. The van der Waals surface area contributed by atoms with Crippen LogP contribution in [0.5, 0.6) is 11.8 Å². The average Bonchev–Trinajstić information content (AvgIpc) is 3.49. The predicted octanol–water partition coefficient (Wildman–Crippen LogP) is 9.44. The molecule has 9 nitrogen and oxygen atoms in total. The highest BCUT2D eigenvalue weighted by atomic mass is 16.6. The van der Waals surface area contributed by atoms with Crippen molar-refractivity contribution in [2.24, 2.45) is 12.5 Å². The quantitative estimate of drug-likeness (QED) is 0.159. The summed E-state index contributed by atoms with van der Waals surface area (Å²) in [5.41, 5.74) is 5.87. The number of hydrogen-bond acceptors (Lipinski definition) is 7. The van der Waals surface area contributed by atoms with Gasteiger partial charge in [0.25, 0.3) is 0 Å². The minimum absolute atomic E-state index is 0.188. The number of benzene rings is 3. The van der Waals surface area contributed by atoms with E-state index < -0.39 is 5.60 Å². The average molecular weight is 704 g/mol. The molecule has 274 valence electrons. The second-order valence-corrected chi connectivity index (χ2v) is 14.7. The fourth-order valence-corrected chi connectivity index (χ4v) is 7.12. The van der Waals surface area contributed by atoms with Crippen LogP contribution in [0.25, 0.3) is 22.2 Å². The number of piperidine rings is 2. The number of hydrogen-bond donors (Lipinski definition) is 0. The first-order chi connectivity index (χ1) is 25.1. The van der Waals surface area contributed by atoms with Crippen LogP contribution in [0.3, 0.4) is 0 Å². The lowest BCUT2D eigenvalue weighted by Gasteiger charge is -2.47. The molecule has 0 N–H and O–H groups in total. The molecule has 1 amide bonds. The predicted molar refractivity (Wildman–Crippen MR) is 208 cm³/mol. The summed E-state index contributed by atoms with van der Waals surface area (Å²) in [4.78, 5) is 21.8. The van der Waals surface area contributed by atoms with Crippen LogP contribution in [-0.2, 0) is 25.0 Å². The second kappa shape index (κ2) is 16.1. The minimum Gasteiger partial charge on any atom is -0.473 e. The van der Waals surface area contributed by atoms with Crippen LogP contribution in [0.4, 0.5) is 10.5 Å². The van der Waals surface area contributed by atoms with E-state index in [0.717, 1.165) is 85.1 Å². The lowest BCUT2D eigenvalue weighted by atomic mass is 9.71. The van der Waals surface area contributed by atoms with Crippen LogP contribution >= 0.6 is 0 Å². The zero-order valence-corrected chi connectivity index (χ0v) is 31.6. The van der Waals surface area contributed by atoms with Crippen molar-refractivity contribution in [3.8, 4) is 23.0 Å². The molecule has 7 rings (SSSR count). The summed E-state index contributed by atoms with van der Waals surface area (Å²) < 4.78 is 20.0. The summed E-state index contributed by atoms with van der Waals surface area (Å²) in [5.74, 6) is 0.990. The number of amides is 1. The Kier molecular flexibility index (Phi) is 11.4. The maximum Gasteiger partial charge on any atom is 0.410 e. The van der Waals surface area contributed by atoms with Gasteiger partial charge in [-0.05, 0) is 87.3 Å². The first-order valence-electron chi connectivity index (χ1n) is 18.7. The molecule has 2 fully saturated rings. The van der Waals surface area contributed by atoms with Gasteiger partial charge in [0.15, 0.2) is 0 Å². The summed E-state index contributed by atoms with van der Waals surface area (Å²) in [6, 6.07) is 30.7. The Bertz CT molecular complexity index is 1920. The molecule has 0 saturated carbocycles. The fourth-order valence-electron chi connectivity index (χ4n) is 7.12. The summed E-state index contributed by atoms with van der Waals surface area (Å²) >= 11 is 0. The molecule has 0 unspecified atom stereocenters. The van der Waals surface area contributed by atoms with Crippen molar-refractivity contribution in [2.75, 3.05) is 31.1 Å². The maximum atomic E-state index is 12.6. The molecule has 2 saturated heterocycles. The summed E-state index contributed by atoms with van der Waals surface area (Å²) in [6.45, 7) is 14.1. The number of ether oxygens (including phenoxy) is 3. The van der Waals surface area contributed by atoms with Crippen LogP contribution in [0.1, 0.15) is 71.4 Å². The number of likely N-dealkylation sites (tertiary alicyclic amines) is 1. The molecule has 2 aliphatic rings. The Hall–Kier alpha value is -5.05. The molecule has 3 aromatic carbocycles. The zero-order valence-electron chi connectivity index (χ0n) is 31.6. The van der Waals surface area contributed by atoms with Gasteiger partial charge in [-0.1, -0.05) is 74.5 Å². The van der Waals surface area contributed by atoms with E-state index in [1.165, 1.54) is 5.69 Å². The van der Waals surface area contributed by atoms with Gasteiger partial charge in [0, 0.05) is 50.4 Å². The highest BCUT2D eigenvalue weighted by Crippen LogP contribution is 2.43. The smallest absolute Gasteiger partial charge is 0.410 e. The Morgan fingerprint density at radius 1 is 0.769 bits per heavy atom. The Balaban J connectivity index is 0.00000228. The summed E-state index contributed by atoms with van der Waals surface area (Å²) in [5, 5.41) is 6.04. The number of anilines is 1. The van der Waals surface area contributed by atoms with Crippen LogP contribution < -0.4 is 14.4 Å². The highest BCUT2D eigenvalue weighted by molar-refractivity contribution is 5.96. The molecule has 0 radical (unpaired) electrons. The van der Waals surface area contributed by atoms with Crippen molar-refractivity contribution in [1.82, 2.24) is 19.7 Å². The van der Waals surface area contributed by atoms with Gasteiger partial charge in [-0.15, -0.1) is 0 Å². The van der Waals surface area contributed by atoms with Crippen LogP contribution in [0, 0.1) is 5.41 Å². The molecule has 2 aliphatic heterocycles. The van der Waals surface area contributed by atoms with Gasteiger partial charge in [-0.25, -0.2) is 4.79 Å². The number of pyridine rings is 1. The summed E-state index contributed by atoms with van der Waals surface area (Å²) in [6.07, 6.45) is 4.12. The Labute approximate surface area is 308 Å². The SMILES string of the molecule is CC.Cn1nc(-c2ccc(OCc3ccccc3)nc2OCc2ccccc2)c2ccc(N3CCC4(CCN(C(=O)OC(C)(C)C)CC4)CC3)cc21. The Morgan fingerprint density at radius 2 is 1.37 bits per heavy atom. The molecule has 9 heteroatoms. The number of rotatable bonds is 8. The van der Waals surface area contributed by atoms with Gasteiger partial charge < -0.3 is 24.0 Å².